The van der Waals surface area contributed by atoms with Gasteiger partial charge in [-0.15, -0.1) is 0 Å². The van der Waals surface area contributed by atoms with E-state index in [4.69, 9.17) is 4.98 Å². The molecule has 0 aliphatic carbocycles. The Morgan fingerprint density at radius 3 is 2.12 bits per heavy atom. The van der Waals surface area contributed by atoms with Crippen molar-refractivity contribution in [1.82, 2.24) is 9.97 Å². The quantitative estimate of drug-likeness (QED) is 0.309. The van der Waals surface area contributed by atoms with Gasteiger partial charge in [-0.05, 0) is 55.3 Å². The molecule has 0 saturated heterocycles. The molecule has 0 fully saturated rings. The number of benzene rings is 4. The van der Waals surface area contributed by atoms with Crippen molar-refractivity contribution in [2.24, 2.45) is 0 Å². The van der Waals surface area contributed by atoms with E-state index in [2.05, 4.69) is 15.6 Å². The third-order valence-electron chi connectivity index (χ3n) is 5.77. The number of nitrogens with one attached hydrogen (secondary N) is 2. The molecule has 5 heteroatoms. The van der Waals surface area contributed by atoms with Crippen LogP contribution in [0.3, 0.4) is 0 Å². The summed E-state index contributed by atoms with van der Waals surface area (Å²) in [5, 5.41) is 7.31. The van der Waals surface area contributed by atoms with E-state index in [1.165, 1.54) is 0 Å². The topological polar surface area (TPSA) is 66.9 Å². The molecule has 34 heavy (non-hydrogen) atoms. The van der Waals surface area contributed by atoms with Gasteiger partial charge in [0.1, 0.15) is 0 Å². The van der Waals surface area contributed by atoms with E-state index in [9.17, 15) is 4.79 Å². The SMILES string of the molecule is Cc1cccc(C)c1NC(=O)c1ccc(Nc2nc(-c3ccccc3)c3ccccc3n2)cc1. The Labute approximate surface area is 198 Å². The third kappa shape index (κ3) is 4.36. The van der Waals surface area contributed by atoms with Crippen molar-refractivity contribution in [2.75, 3.05) is 10.6 Å². The number of carbonyl (C=O) groups is 1. The van der Waals surface area contributed by atoms with E-state index in [0.29, 0.717) is 11.5 Å². The average Bonchev–Trinajstić information content (AvgIpc) is 2.87. The van der Waals surface area contributed by atoms with Gasteiger partial charge >= 0.3 is 0 Å². The molecule has 1 amide bonds. The summed E-state index contributed by atoms with van der Waals surface area (Å²) < 4.78 is 0. The predicted octanol–water partition coefficient (Wildman–Crippen LogP) is 6.91. The number of rotatable bonds is 5. The fourth-order valence-corrected chi connectivity index (χ4v) is 3.98. The van der Waals surface area contributed by atoms with Crippen molar-refractivity contribution in [3.05, 3.63) is 114 Å². The Kier molecular flexibility index (Phi) is 5.75. The largest absolute Gasteiger partial charge is 0.324 e. The Morgan fingerprint density at radius 1 is 0.706 bits per heavy atom. The smallest absolute Gasteiger partial charge is 0.255 e. The molecule has 5 aromatic rings. The molecule has 0 aliphatic rings. The minimum Gasteiger partial charge on any atom is -0.324 e. The molecule has 0 spiro atoms. The lowest BCUT2D eigenvalue weighted by molar-refractivity contribution is 0.102. The molecule has 0 radical (unpaired) electrons. The van der Waals surface area contributed by atoms with Gasteiger partial charge in [0.25, 0.3) is 5.91 Å². The molecule has 166 valence electrons. The van der Waals surface area contributed by atoms with Gasteiger partial charge in [-0.25, -0.2) is 9.97 Å². The van der Waals surface area contributed by atoms with Crippen LogP contribution in [-0.4, -0.2) is 15.9 Å². The van der Waals surface area contributed by atoms with Crippen LogP contribution in [0.25, 0.3) is 22.2 Å². The lowest BCUT2D eigenvalue weighted by Gasteiger charge is -2.12. The molecule has 5 rings (SSSR count). The lowest BCUT2D eigenvalue weighted by Crippen LogP contribution is -2.13. The first-order chi connectivity index (χ1) is 16.6. The van der Waals surface area contributed by atoms with E-state index < -0.39 is 0 Å². The summed E-state index contributed by atoms with van der Waals surface area (Å²) in [6.07, 6.45) is 0. The zero-order chi connectivity index (χ0) is 23.5. The van der Waals surface area contributed by atoms with Crippen LogP contribution < -0.4 is 10.6 Å². The number of nitrogens with zero attached hydrogens (tertiary/aromatic N) is 2. The summed E-state index contributed by atoms with van der Waals surface area (Å²) in [6.45, 7) is 3.98. The fourth-order valence-electron chi connectivity index (χ4n) is 3.98. The Balaban J connectivity index is 1.40. The second-order valence-corrected chi connectivity index (χ2v) is 8.20. The number of amides is 1. The first kappa shape index (κ1) is 21.3. The number of fused-ring (bicyclic) bond motifs is 1. The summed E-state index contributed by atoms with van der Waals surface area (Å²) >= 11 is 0. The molecule has 1 heterocycles. The van der Waals surface area contributed by atoms with Crippen LogP contribution in [0, 0.1) is 13.8 Å². The van der Waals surface area contributed by atoms with Crippen LogP contribution in [0.5, 0.6) is 0 Å². The molecule has 0 unspecified atom stereocenters. The van der Waals surface area contributed by atoms with Crippen LogP contribution in [0.4, 0.5) is 17.3 Å². The summed E-state index contributed by atoms with van der Waals surface area (Å²) in [4.78, 5) is 22.3. The maximum absolute atomic E-state index is 12.8. The monoisotopic (exact) mass is 444 g/mol. The Bertz CT molecular complexity index is 1460. The molecule has 0 atom stereocenters. The number of aromatic nitrogens is 2. The second kappa shape index (κ2) is 9.16. The highest BCUT2D eigenvalue weighted by Crippen LogP contribution is 2.28. The highest BCUT2D eigenvalue weighted by molar-refractivity contribution is 6.05. The standard InChI is InChI=1S/C29H24N4O/c1-19-9-8-10-20(2)26(19)32-28(34)22-15-17-23(18-16-22)30-29-31-25-14-7-6-13-24(25)27(33-29)21-11-4-3-5-12-21/h3-18H,1-2H3,(H,32,34)(H,30,31,33). The van der Waals surface area contributed by atoms with Crippen molar-refractivity contribution in [3.8, 4) is 11.3 Å². The van der Waals surface area contributed by atoms with Crippen molar-refractivity contribution < 1.29 is 4.79 Å². The van der Waals surface area contributed by atoms with Crippen molar-refractivity contribution in [1.29, 1.82) is 0 Å². The van der Waals surface area contributed by atoms with E-state index >= 15 is 0 Å². The molecule has 0 aliphatic heterocycles. The molecule has 1 aromatic heterocycles. The van der Waals surface area contributed by atoms with Gasteiger partial charge in [0.2, 0.25) is 5.95 Å². The third-order valence-corrected chi connectivity index (χ3v) is 5.77. The normalized spacial score (nSPS) is 10.8. The molecule has 5 nitrogen and oxygen atoms in total. The predicted molar refractivity (Wildman–Crippen MR) is 139 cm³/mol. The fraction of sp³-hybridized carbons (Fsp3) is 0.0690. The number of carbonyl (C=O) groups excluding carboxylic acids is 1. The van der Waals surface area contributed by atoms with Crippen LogP contribution in [0.15, 0.2) is 97.1 Å². The van der Waals surface area contributed by atoms with Crippen LogP contribution in [0.1, 0.15) is 21.5 Å². The lowest BCUT2D eigenvalue weighted by atomic mass is 10.1. The summed E-state index contributed by atoms with van der Waals surface area (Å²) in [7, 11) is 0. The molecule has 2 N–H and O–H groups in total. The minimum absolute atomic E-state index is 0.141. The van der Waals surface area contributed by atoms with E-state index in [1.54, 1.807) is 12.1 Å². The van der Waals surface area contributed by atoms with E-state index in [1.807, 2.05) is 98.8 Å². The minimum atomic E-state index is -0.141. The molecular weight excluding hydrogens is 420 g/mol. The van der Waals surface area contributed by atoms with Gasteiger partial charge < -0.3 is 10.6 Å². The maximum Gasteiger partial charge on any atom is 0.255 e. The van der Waals surface area contributed by atoms with Crippen molar-refractivity contribution in [3.63, 3.8) is 0 Å². The van der Waals surface area contributed by atoms with Crippen molar-refractivity contribution in [2.45, 2.75) is 13.8 Å². The molecular formula is C29H24N4O. The molecule has 0 bridgehead atoms. The van der Waals surface area contributed by atoms with E-state index in [-0.39, 0.29) is 5.91 Å². The van der Waals surface area contributed by atoms with Gasteiger partial charge in [-0.3, -0.25) is 4.79 Å². The maximum atomic E-state index is 12.8. The zero-order valence-corrected chi connectivity index (χ0v) is 19.0. The van der Waals surface area contributed by atoms with Crippen molar-refractivity contribution >= 4 is 34.1 Å². The van der Waals surface area contributed by atoms with E-state index in [0.717, 1.165) is 44.7 Å². The molecule has 4 aromatic carbocycles. The van der Waals surface area contributed by atoms with Gasteiger partial charge in [0, 0.05) is 27.9 Å². The average molecular weight is 445 g/mol. The number of aryl methyl sites for hydroxylation is 2. The zero-order valence-electron chi connectivity index (χ0n) is 19.0. The Hall–Kier alpha value is -4.51. The molecule has 0 saturated carbocycles. The summed E-state index contributed by atoms with van der Waals surface area (Å²) in [5.41, 5.74) is 7.08. The number of para-hydroxylation sites is 2. The second-order valence-electron chi connectivity index (χ2n) is 8.20. The summed E-state index contributed by atoms with van der Waals surface area (Å²) in [6, 6.07) is 31.3. The van der Waals surface area contributed by atoms with Gasteiger partial charge in [0.05, 0.1) is 11.2 Å². The number of hydrogen-bond acceptors (Lipinski definition) is 4. The van der Waals surface area contributed by atoms with Crippen LogP contribution >= 0.6 is 0 Å². The first-order valence-electron chi connectivity index (χ1n) is 11.2. The number of anilines is 3. The first-order valence-corrected chi connectivity index (χ1v) is 11.2. The van der Waals surface area contributed by atoms with Gasteiger partial charge in [-0.2, -0.15) is 0 Å². The number of hydrogen-bond donors (Lipinski definition) is 2. The van der Waals surface area contributed by atoms with Crippen LogP contribution in [0.2, 0.25) is 0 Å². The van der Waals surface area contributed by atoms with Crippen LogP contribution in [-0.2, 0) is 0 Å². The Morgan fingerprint density at radius 2 is 1.38 bits per heavy atom. The van der Waals surface area contributed by atoms with Gasteiger partial charge in [-0.1, -0.05) is 66.7 Å². The van der Waals surface area contributed by atoms with Gasteiger partial charge in [0.15, 0.2) is 0 Å². The highest BCUT2D eigenvalue weighted by Gasteiger charge is 2.12. The summed E-state index contributed by atoms with van der Waals surface area (Å²) in [5.74, 6) is 0.363. The highest BCUT2D eigenvalue weighted by atomic mass is 16.1.